The molecule has 3 heterocycles. The van der Waals surface area contributed by atoms with Gasteiger partial charge in [-0.1, -0.05) is 18.2 Å². The minimum atomic E-state index is -3.67. The van der Waals surface area contributed by atoms with E-state index < -0.39 is 35.7 Å². The summed E-state index contributed by atoms with van der Waals surface area (Å²) in [6, 6.07) is 14.2. The van der Waals surface area contributed by atoms with Crippen molar-refractivity contribution in [2.24, 2.45) is 13.0 Å². The van der Waals surface area contributed by atoms with Crippen molar-refractivity contribution in [2.75, 3.05) is 13.1 Å². The lowest BCUT2D eigenvalue weighted by atomic mass is 9.91. The summed E-state index contributed by atoms with van der Waals surface area (Å²) >= 11 is 0. The van der Waals surface area contributed by atoms with Gasteiger partial charge in [0.2, 0.25) is 0 Å². The fraction of sp³-hybridized carbons (Fsp3) is 0.357. The number of carboxylic acids is 1. The van der Waals surface area contributed by atoms with Crippen LogP contribution < -0.4 is 5.32 Å². The first kappa shape index (κ1) is 26.3. The Labute approximate surface area is 223 Å². The minimum absolute atomic E-state index is 0.0266. The third-order valence-corrected chi connectivity index (χ3v) is 7.42. The zero-order chi connectivity index (χ0) is 28.1. The summed E-state index contributed by atoms with van der Waals surface area (Å²) in [6.07, 6.45) is 0.0266. The average molecular weight is 538 g/mol. The molecule has 0 bridgehead atoms. The van der Waals surface area contributed by atoms with E-state index in [1.165, 1.54) is 4.90 Å². The largest absolute Gasteiger partial charge is 0.481 e. The Hall–Kier alpha value is -4.28. The highest BCUT2D eigenvalue weighted by Crippen LogP contribution is 2.31. The fourth-order valence-corrected chi connectivity index (χ4v) is 5.35. The predicted molar refractivity (Wildman–Crippen MR) is 142 cm³/mol. The smallest absolute Gasteiger partial charge is 0.321 e. The van der Waals surface area contributed by atoms with Crippen molar-refractivity contribution in [3.8, 4) is 11.5 Å². The summed E-state index contributed by atoms with van der Waals surface area (Å²) in [6.45, 7) is 3.19. The molecule has 2 aromatic heterocycles. The Morgan fingerprint density at radius 2 is 1.87 bits per heavy atom. The van der Waals surface area contributed by atoms with Crippen LogP contribution in [-0.2, 0) is 23.2 Å². The van der Waals surface area contributed by atoms with Crippen LogP contribution in [0.15, 0.2) is 48.5 Å². The summed E-state index contributed by atoms with van der Waals surface area (Å²) in [4.78, 5) is 43.2. The number of carbonyl (C=O) groups is 3. The predicted octanol–water partition coefficient (Wildman–Crippen LogP) is 3.90. The number of hydrogen-bond donors (Lipinski definition) is 2. The maximum absolute atomic E-state index is 13.5. The van der Waals surface area contributed by atoms with Gasteiger partial charge in [0.25, 0.3) is 11.8 Å². The van der Waals surface area contributed by atoms with Gasteiger partial charge in [-0.3, -0.25) is 14.4 Å². The van der Waals surface area contributed by atoms with E-state index in [1.54, 1.807) is 18.2 Å². The number of rotatable bonds is 6. The number of alkyl halides is 2. The normalized spacial score (nSPS) is 18.0. The van der Waals surface area contributed by atoms with Gasteiger partial charge in [-0.2, -0.15) is 8.78 Å². The van der Waals surface area contributed by atoms with Gasteiger partial charge in [0.05, 0.1) is 28.7 Å². The molecule has 2 amide bonds. The van der Waals surface area contributed by atoms with Crippen molar-refractivity contribution in [3.63, 3.8) is 0 Å². The molecule has 0 aliphatic carbocycles. The summed E-state index contributed by atoms with van der Waals surface area (Å²) < 4.78 is 31.1. The molecule has 2 N–H and O–H groups in total. The standard InChI is InChI=1S/C28H29F2N5O4/c1-4-35-21-8-6-5-7-16(21)14-23(35)24-31-19-13-17(9-10-22(19)33(24)3)25(36)34-12-11-18(26(37)38)20(15-34)32-27(39)28(2,29)30/h5-10,13-14,18,20H,4,11-12,15H2,1-3H3,(H,32,39)(H,37,38)/t18-,20?/m1/s1. The second kappa shape index (κ2) is 9.79. The van der Waals surface area contributed by atoms with Crippen LogP contribution in [0.25, 0.3) is 33.5 Å². The number of carbonyl (C=O) groups excluding carboxylic acids is 2. The molecule has 4 aromatic rings. The number of carboxylic acid groups (broad SMARTS) is 1. The molecule has 2 aromatic carbocycles. The molecule has 11 heteroatoms. The van der Waals surface area contributed by atoms with Crippen LogP contribution in [0, 0.1) is 5.92 Å². The van der Waals surface area contributed by atoms with Gasteiger partial charge in [0.15, 0.2) is 5.82 Å². The van der Waals surface area contributed by atoms with Gasteiger partial charge in [-0.25, -0.2) is 4.98 Å². The van der Waals surface area contributed by atoms with Crippen LogP contribution in [0.5, 0.6) is 0 Å². The van der Waals surface area contributed by atoms with Crippen LogP contribution >= 0.6 is 0 Å². The second-order valence-electron chi connectivity index (χ2n) is 9.98. The Morgan fingerprint density at radius 3 is 2.56 bits per heavy atom. The van der Waals surface area contributed by atoms with E-state index in [0.717, 1.165) is 34.5 Å². The van der Waals surface area contributed by atoms with Gasteiger partial charge in [0.1, 0.15) is 0 Å². The number of fused-ring (bicyclic) bond motifs is 2. The van der Waals surface area contributed by atoms with E-state index in [1.807, 2.05) is 23.7 Å². The molecule has 39 heavy (non-hydrogen) atoms. The van der Waals surface area contributed by atoms with E-state index in [4.69, 9.17) is 4.98 Å². The number of nitrogens with zero attached hydrogens (tertiary/aromatic N) is 4. The van der Waals surface area contributed by atoms with Crippen LogP contribution in [0.3, 0.4) is 0 Å². The van der Waals surface area contributed by atoms with E-state index in [9.17, 15) is 28.3 Å². The molecule has 1 aliphatic rings. The summed E-state index contributed by atoms with van der Waals surface area (Å²) in [5.74, 6) is -7.16. The third kappa shape index (κ3) is 4.73. The number of imidazole rings is 1. The van der Waals surface area contributed by atoms with Crippen molar-refractivity contribution in [2.45, 2.75) is 38.8 Å². The molecule has 0 radical (unpaired) electrons. The highest BCUT2D eigenvalue weighted by atomic mass is 19.3. The van der Waals surface area contributed by atoms with Crippen LogP contribution in [0.2, 0.25) is 0 Å². The number of hydrogen-bond acceptors (Lipinski definition) is 4. The maximum atomic E-state index is 13.5. The number of piperidine rings is 1. The monoisotopic (exact) mass is 537 g/mol. The number of halogens is 2. The van der Waals surface area contributed by atoms with Gasteiger partial charge >= 0.3 is 11.9 Å². The first-order valence-corrected chi connectivity index (χ1v) is 12.8. The molecular weight excluding hydrogens is 508 g/mol. The number of para-hydroxylation sites is 1. The minimum Gasteiger partial charge on any atom is -0.481 e. The quantitative estimate of drug-likeness (QED) is 0.388. The highest BCUT2D eigenvalue weighted by Gasteiger charge is 2.41. The molecule has 0 spiro atoms. The SMILES string of the molecule is CCn1c(-c2nc3cc(C(=O)N4CC[C@@H](C(=O)O)C(NC(=O)C(C)(F)F)C4)ccc3n2C)cc2ccccc21. The number of nitrogens with one attached hydrogen (secondary N) is 1. The van der Waals surface area contributed by atoms with Crippen molar-refractivity contribution < 1.29 is 28.3 Å². The number of benzene rings is 2. The van der Waals surface area contributed by atoms with Crippen molar-refractivity contribution in [3.05, 3.63) is 54.1 Å². The van der Waals surface area contributed by atoms with Crippen molar-refractivity contribution in [1.82, 2.24) is 24.3 Å². The zero-order valence-corrected chi connectivity index (χ0v) is 21.8. The molecule has 5 rings (SSSR count). The van der Waals surface area contributed by atoms with Gasteiger partial charge in [0, 0.05) is 50.1 Å². The average Bonchev–Trinajstić information content (AvgIpc) is 3.44. The van der Waals surface area contributed by atoms with Gasteiger partial charge < -0.3 is 24.5 Å². The number of aliphatic carboxylic acids is 1. The second-order valence-corrected chi connectivity index (χ2v) is 9.98. The van der Waals surface area contributed by atoms with E-state index in [0.29, 0.717) is 18.0 Å². The Morgan fingerprint density at radius 1 is 1.13 bits per heavy atom. The lowest BCUT2D eigenvalue weighted by molar-refractivity contribution is -0.148. The Kier molecular flexibility index (Phi) is 6.61. The maximum Gasteiger partial charge on any atom is 0.321 e. The molecule has 0 saturated carbocycles. The molecular formula is C28H29F2N5O4. The van der Waals surface area contributed by atoms with E-state index >= 15 is 0 Å². The number of amides is 2. The van der Waals surface area contributed by atoms with Crippen molar-refractivity contribution in [1.29, 1.82) is 0 Å². The molecule has 1 saturated heterocycles. The topological polar surface area (TPSA) is 109 Å². The molecule has 1 unspecified atom stereocenters. The fourth-order valence-electron chi connectivity index (χ4n) is 5.35. The first-order valence-electron chi connectivity index (χ1n) is 12.8. The van der Waals surface area contributed by atoms with E-state index in [-0.39, 0.29) is 19.5 Å². The van der Waals surface area contributed by atoms with Crippen LogP contribution in [0.4, 0.5) is 8.78 Å². The van der Waals surface area contributed by atoms with Crippen LogP contribution in [-0.4, -0.2) is 67.0 Å². The van der Waals surface area contributed by atoms with Crippen LogP contribution in [0.1, 0.15) is 30.6 Å². The Balaban J connectivity index is 1.44. The summed E-state index contributed by atoms with van der Waals surface area (Å²) in [7, 11) is 1.91. The lowest BCUT2D eigenvalue weighted by Gasteiger charge is -2.37. The summed E-state index contributed by atoms with van der Waals surface area (Å²) in [5.41, 5.74) is 3.83. The van der Waals surface area contributed by atoms with Gasteiger partial charge in [-0.05, 0) is 43.7 Å². The first-order chi connectivity index (χ1) is 18.5. The third-order valence-electron chi connectivity index (χ3n) is 7.42. The Bertz CT molecular complexity index is 1600. The van der Waals surface area contributed by atoms with Crippen molar-refractivity contribution >= 4 is 39.7 Å². The molecule has 2 atom stereocenters. The lowest BCUT2D eigenvalue weighted by Crippen LogP contribution is -2.58. The highest BCUT2D eigenvalue weighted by molar-refractivity contribution is 5.98. The van der Waals surface area contributed by atoms with Gasteiger partial charge in [-0.15, -0.1) is 0 Å². The number of aryl methyl sites for hydroxylation is 2. The molecule has 9 nitrogen and oxygen atoms in total. The number of aromatic nitrogens is 3. The van der Waals surface area contributed by atoms with E-state index in [2.05, 4.69) is 35.0 Å². The zero-order valence-electron chi connectivity index (χ0n) is 21.8. The molecule has 204 valence electrons. The number of likely N-dealkylation sites (tertiary alicyclic amines) is 1. The summed E-state index contributed by atoms with van der Waals surface area (Å²) in [5, 5.41) is 12.8. The molecule has 1 aliphatic heterocycles. The molecule has 1 fully saturated rings.